The van der Waals surface area contributed by atoms with Gasteiger partial charge in [0.05, 0.1) is 0 Å². The van der Waals surface area contributed by atoms with Crippen molar-refractivity contribution >= 4 is 0 Å². The lowest BCUT2D eigenvalue weighted by Crippen LogP contribution is -2.27. The van der Waals surface area contributed by atoms with Crippen LogP contribution in [0.2, 0.25) is 0 Å². The molecule has 0 heterocycles. The molecule has 0 aromatic heterocycles. The number of nitrogens with zero attached hydrogens (tertiary/aromatic N) is 1. The van der Waals surface area contributed by atoms with Crippen LogP contribution >= 0.6 is 0 Å². The van der Waals surface area contributed by atoms with E-state index in [2.05, 4.69) is 39.5 Å². The van der Waals surface area contributed by atoms with Gasteiger partial charge in [-0.2, -0.15) is 0 Å². The van der Waals surface area contributed by atoms with E-state index in [4.69, 9.17) is 0 Å². The van der Waals surface area contributed by atoms with Crippen LogP contribution in [0.5, 0.6) is 0 Å². The summed E-state index contributed by atoms with van der Waals surface area (Å²) in [7, 11) is 0. The van der Waals surface area contributed by atoms with E-state index in [0.717, 1.165) is 11.8 Å². The molecule has 32 heavy (non-hydrogen) atoms. The summed E-state index contributed by atoms with van der Waals surface area (Å²) in [5.74, 6) is 1.75. The Bertz CT molecular complexity index is 317. The molecular formula is C31H65N. The lowest BCUT2D eigenvalue weighted by molar-refractivity contribution is 0.253. The lowest BCUT2D eigenvalue weighted by Gasteiger charge is -2.22. The van der Waals surface area contributed by atoms with E-state index in [0.29, 0.717) is 0 Å². The molecule has 0 aliphatic heterocycles. The maximum atomic E-state index is 2.81. The molecule has 0 saturated heterocycles. The normalized spacial score (nSPS) is 12.0. The third-order valence-corrected chi connectivity index (χ3v) is 7.09. The van der Waals surface area contributed by atoms with Gasteiger partial charge in [-0.1, -0.05) is 150 Å². The Kier molecular flexibility index (Phi) is 25.5. The Morgan fingerprint density at radius 2 is 0.656 bits per heavy atom. The first-order valence-electron chi connectivity index (χ1n) is 15.3. The molecule has 1 heteroatoms. The van der Waals surface area contributed by atoms with Gasteiger partial charge in [-0.05, 0) is 50.7 Å². The molecular weight excluding hydrogens is 386 g/mol. The molecule has 0 aliphatic carbocycles. The second-order valence-electron chi connectivity index (χ2n) is 11.6. The predicted molar refractivity (Wildman–Crippen MR) is 149 cm³/mol. The van der Waals surface area contributed by atoms with Gasteiger partial charge in [-0.15, -0.1) is 0 Å². The minimum absolute atomic E-state index is 0.873. The quantitative estimate of drug-likeness (QED) is 0.118. The second-order valence-corrected chi connectivity index (χ2v) is 11.6. The molecule has 0 bridgehead atoms. The van der Waals surface area contributed by atoms with Gasteiger partial charge in [0.2, 0.25) is 0 Å². The Morgan fingerprint density at radius 3 is 0.969 bits per heavy atom. The van der Waals surface area contributed by atoms with Crippen LogP contribution in [-0.2, 0) is 0 Å². The average molecular weight is 452 g/mol. The van der Waals surface area contributed by atoms with Crippen molar-refractivity contribution in [3.63, 3.8) is 0 Å². The molecule has 1 nitrogen and oxygen atoms in total. The smallest absolute Gasteiger partial charge is 0.00187 e. The minimum Gasteiger partial charge on any atom is -0.303 e. The molecule has 0 saturated carbocycles. The van der Waals surface area contributed by atoms with Crippen LogP contribution in [0.1, 0.15) is 169 Å². The van der Waals surface area contributed by atoms with Crippen molar-refractivity contribution in [3.05, 3.63) is 0 Å². The van der Waals surface area contributed by atoms with Gasteiger partial charge < -0.3 is 4.90 Å². The highest BCUT2D eigenvalue weighted by Crippen LogP contribution is 2.14. The molecule has 0 aromatic carbocycles. The number of hydrogen-bond donors (Lipinski definition) is 0. The first-order chi connectivity index (χ1) is 15.6. The third-order valence-electron chi connectivity index (χ3n) is 7.09. The Labute approximate surface area is 205 Å². The fraction of sp³-hybridized carbons (Fsp3) is 1.00. The molecule has 0 atom stereocenters. The van der Waals surface area contributed by atoms with Gasteiger partial charge in [0.15, 0.2) is 0 Å². The summed E-state index contributed by atoms with van der Waals surface area (Å²) in [6.45, 7) is 15.8. The standard InChI is InChI=1S/C31H65N/c1-6-7-8-9-10-11-12-13-14-15-16-17-22-27-32(28-23-18-20-25-30(2)3)29-24-19-21-26-31(4)5/h30-31H,6-29H2,1-5H3. The fourth-order valence-corrected chi connectivity index (χ4v) is 4.82. The van der Waals surface area contributed by atoms with E-state index in [-0.39, 0.29) is 0 Å². The summed E-state index contributed by atoms with van der Waals surface area (Å²) in [4.78, 5) is 2.81. The summed E-state index contributed by atoms with van der Waals surface area (Å²) in [6, 6.07) is 0. The molecule has 0 N–H and O–H groups in total. The lowest BCUT2D eigenvalue weighted by atomic mass is 10.0. The van der Waals surface area contributed by atoms with E-state index in [1.54, 1.807) is 0 Å². The zero-order chi connectivity index (χ0) is 23.7. The molecule has 0 aliphatic rings. The van der Waals surface area contributed by atoms with Crippen molar-refractivity contribution in [2.24, 2.45) is 11.8 Å². The molecule has 0 aromatic rings. The van der Waals surface area contributed by atoms with Crippen molar-refractivity contribution in [1.29, 1.82) is 0 Å². The zero-order valence-corrected chi connectivity index (χ0v) is 23.6. The minimum atomic E-state index is 0.873. The van der Waals surface area contributed by atoms with Crippen LogP contribution in [0, 0.1) is 11.8 Å². The molecule has 0 fully saturated rings. The Hall–Kier alpha value is -0.0400. The summed E-state index contributed by atoms with van der Waals surface area (Å²) in [5, 5.41) is 0. The first kappa shape index (κ1) is 32.0. The monoisotopic (exact) mass is 452 g/mol. The zero-order valence-electron chi connectivity index (χ0n) is 23.6. The topological polar surface area (TPSA) is 3.24 Å². The van der Waals surface area contributed by atoms with Crippen molar-refractivity contribution in [2.75, 3.05) is 19.6 Å². The van der Waals surface area contributed by atoms with Gasteiger partial charge in [-0.25, -0.2) is 0 Å². The van der Waals surface area contributed by atoms with Gasteiger partial charge in [0.1, 0.15) is 0 Å². The van der Waals surface area contributed by atoms with Crippen molar-refractivity contribution in [3.8, 4) is 0 Å². The number of unbranched alkanes of at least 4 members (excludes halogenated alkanes) is 16. The average Bonchev–Trinajstić information content (AvgIpc) is 2.75. The van der Waals surface area contributed by atoms with Gasteiger partial charge in [0.25, 0.3) is 0 Å². The highest BCUT2D eigenvalue weighted by Gasteiger charge is 2.05. The molecule has 194 valence electrons. The maximum Gasteiger partial charge on any atom is -0.00187 e. The van der Waals surface area contributed by atoms with E-state index in [9.17, 15) is 0 Å². The van der Waals surface area contributed by atoms with E-state index in [1.165, 1.54) is 154 Å². The van der Waals surface area contributed by atoms with Gasteiger partial charge >= 0.3 is 0 Å². The summed E-state index contributed by atoms with van der Waals surface area (Å²) >= 11 is 0. The van der Waals surface area contributed by atoms with Crippen LogP contribution < -0.4 is 0 Å². The van der Waals surface area contributed by atoms with Crippen molar-refractivity contribution in [1.82, 2.24) is 4.90 Å². The number of rotatable bonds is 26. The predicted octanol–water partition coefficient (Wildman–Crippen LogP) is 10.8. The molecule has 0 amide bonds. The summed E-state index contributed by atoms with van der Waals surface area (Å²) in [6.07, 6.45) is 30.3. The Morgan fingerprint density at radius 1 is 0.375 bits per heavy atom. The molecule has 0 radical (unpaired) electrons. The third kappa shape index (κ3) is 26.2. The van der Waals surface area contributed by atoms with Crippen LogP contribution in [0.25, 0.3) is 0 Å². The van der Waals surface area contributed by atoms with E-state index in [1.807, 2.05) is 0 Å². The van der Waals surface area contributed by atoms with Crippen LogP contribution in [0.3, 0.4) is 0 Å². The maximum absolute atomic E-state index is 2.81. The van der Waals surface area contributed by atoms with Gasteiger partial charge in [0, 0.05) is 0 Å². The summed E-state index contributed by atoms with van der Waals surface area (Å²) < 4.78 is 0. The van der Waals surface area contributed by atoms with Crippen molar-refractivity contribution < 1.29 is 0 Å². The highest BCUT2D eigenvalue weighted by atomic mass is 15.1. The number of hydrogen-bond acceptors (Lipinski definition) is 1. The Balaban J connectivity index is 3.73. The first-order valence-corrected chi connectivity index (χ1v) is 15.3. The second kappa shape index (κ2) is 25.6. The molecule has 0 unspecified atom stereocenters. The largest absolute Gasteiger partial charge is 0.303 e. The van der Waals surface area contributed by atoms with Crippen LogP contribution in [-0.4, -0.2) is 24.5 Å². The van der Waals surface area contributed by atoms with Gasteiger partial charge in [-0.3, -0.25) is 0 Å². The van der Waals surface area contributed by atoms with Crippen LogP contribution in [0.15, 0.2) is 0 Å². The van der Waals surface area contributed by atoms with Crippen LogP contribution in [0.4, 0.5) is 0 Å². The molecule has 0 spiro atoms. The highest BCUT2D eigenvalue weighted by molar-refractivity contribution is 4.61. The SMILES string of the molecule is CCCCCCCCCCCCCCCN(CCCCCC(C)C)CCCCCC(C)C. The van der Waals surface area contributed by atoms with E-state index < -0.39 is 0 Å². The van der Waals surface area contributed by atoms with E-state index >= 15 is 0 Å². The fourth-order valence-electron chi connectivity index (χ4n) is 4.82. The molecule has 0 rings (SSSR count). The van der Waals surface area contributed by atoms with Crippen molar-refractivity contribution in [2.45, 2.75) is 169 Å². The summed E-state index contributed by atoms with van der Waals surface area (Å²) in [5.41, 5.74) is 0.